The van der Waals surface area contributed by atoms with E-state index in [-0.39, 0.29) is 18.1 Å². The van der Waals surface area contributed by atoms with E-state index in [1.165, 1.54) is 11.8 Å². The molecule has 0 atom stereocenters. The average Bonchev–Trinajstić information content (AvgIpc) is 3.02. The number of carbonyl (C=O) groups is 2. The highest BCUT2D eigenvalue weighted by Crippen LogP contribution is 2.33. The van der Waals surface area contributed by atoms with Gasteiger partial charge in [-0.25, -0.2) is 0 Å². The van der Waals surface area contributed by atoms with Crippen LogP contribution in [-0.4, -0.2) is 27.3 Å². The molecule has 1 amide bonds. The zero-order valence-corrected chi connectivity index (χ0v) is 15.9. The van der Waals surface area contributed by atoms with Gasteiger partial charge >= 0.3 is 5.97 Å². The third-order valence-corrected chi connectivity index (χ3v) is 5.26. The highest BCUT2D eigenvalue weighted by Gasteiger charge is 2.22. The summed E-state index contributed by atoms with van der Waals surface area (Å²) in [5, 5.41) is 24.5. The van der Waals surface area contributed by atoms with Crippen LogP contribution in [0, 0.1) is 0 Å². The van der Waals surface area contributed by atoms with Crippen LogP contribution in [0.4, 0.5) is 5.69 Å². The predicted molar refractivity (Wildman–Crippen MR) is 115 cm³/mol. The number of hydrogen-bond acceptors (Lipinski definition) is 5. The molecular formula is C22H16N2O4S. The van der Waals surface area contributed by atoms with Crippen LogP contribution in [0.1, 0.15) is 11.1 Å². The number of rotatable bonds is 4. The molecule has 3 aromatic carbocycles. The van der Waals surface area contributed by atoms with Gasteiger partial charge in [0, 0.05) is 11.3 Å². The van der Waals surface area contributed by atoms with Gasteiger partial charge in [-0.2, -0.15) is 4.99 Å². The van der Waals surface area contributed by atoms with Gasteiger partial charge in [0.15, 0.2) is 5.17 Å². The molecule has 1 heterocycles. The molecular weight excluding hydrogens is 388 g/mol. The smallest absolute Gasteiger partial charge is 0.307 e. The third-order valence-electron chi connectivity index (χ3n) is 4.36. The topological polar surface area (TPSA) is 99.0 Å². The first kappa shape index (κ1) is 18.8. The maximum Gasteiger partial charge on any atom is 0.307 e. The van der Waals surface area contributed by atoms with Crippen molar-refractivity contribution in [2.24, 2.45) is 4.99 Å². The zero-order chi connectivity index (χ0) is 20.4. The minimum Gasteiger partial charge on any atom is -0.507 e. The Morgan fingerprint density at radius 1 is 1.07 bits per heavy atom. The minimum atomic E-state index is -0.890. The van der Waals surface area contributed by atoms with Crippen LogP contribution in [-0.2, 0) is 16.0 Å². The molecule has 4 rings (SSSR count). The summed E-state index contributed by atoms with van der Waals surface area (Å²) in [5.41, 5.74) is 1.94. The first-order valence-electron chi connectivity index (χ1n) is 8.80. The van der Waals surface area contributed by atoms with Crippen LogP contribution in [0.5, 0.6) is 5.75 Å². The molecule has 0 aromatic heterocycles. The van der Waals surface area contributed by atoms with Gasteiger partial charge in [0.2, 0.25) is 0 Å². The van der Waals surface area contributed by atoms with Crippen molar-refractivity contribution in [2.75, 3.05) is 5.32 Å². The Labute approximate surface area is 170 Å². The molecule has 144 valence electrons. The highest BCUT2D eigenvalue weighted by molar-refractivity contribution is 8.18. The molecule has 7 heteroatoms. The van der Waals surface area contributed by atoms with Crippen molar-refractivity contribution in [1.29, 1.82) is 0 Å². The van der Waals surface area contributed by atoms with E-state index in [2.05, 4.69) is 10.3 Å². The number of anilines is 1. The number of nitrogens with one attached hydrogen (secondary N) is 1. The summed E-state index contributed by atoms with van der Waals surface area (Å²) < 4.78 is 0. The van der Waals surface area contributed by atoms with Crippen molar-refractivity contribution in [1.82, 2.24) is 0 Å². The van der Waals surface area contributed by atoms with Crippen LogP contribution >= 0.6 is 11.8 Å². The second-order valence-corrected chi connectivity index (χ2v) is 7.51. The summed E-state index contributed by atoms with van der Waals surface area (Å²) in [7, 11) is 0. The number of phenolic OH excluding ortho intramolecular Hbond substituents is 1. The second-order valence-electron chi connectivity index (χ2n) is 6.48. The number of amidine groups is 1. The highest BCUT2D eigenvalue weighted by atomic mass is 32.2. The van der Waals surface area contributed by atoms with Gasteiger partial charge in [0.1, 0.15) is 5.75 Å². The Bertz CT molecular complexity index is 1180. The molecule has 0 saturated heterocycles. The number of carbonyl (C=O) groups excluding carboxylic acids is 1. The van der Waals surface area contributed by atoms with E-state index in [0.717, 1.165) is 10.8 Å². The van der Waals surface area contributed by atoms with Crippen LogP contribution in [0.3, 0.4) is 0 Å². The Kier molecular flexibility index (Phi) is 5.05. The first-order valence-corrected chi connectivity index (χ1v) is 9.62. The number of hydrogen-bond donors (Lipinski definition) is 3. The maximum atomic E-state index is 12.3. The van der Waals surface area contributed by atoms with E-state index in [9.17, 15) is 14.7 Å². The number of nitrogens with zero attached hydrogens (tertiary/aromatic N) is 1. The van der Waals surface area contributed by atoms with Gasteiger partial charge in [-0.3, -0.25) is 9.59 Å². The molecule has 0 spiro atoms. The lowest BCUT2D eigenvalue weighted by molar-refractivity contribution is -0.136. The molecule has 1 aliphatic heterocycles. The predicted octanol–water partition coefficient (Wildman–Crippen LogP) is 4.25. The lowest BCUT2D eigenvalue weighted by atomic mass is 10.1. The fourth-order valence-electron chi connectivity index (χ4n) is 2.97. The maximum absolute atomic E-state index is 12.3. The number of thioether (sulfide) groups is 1. The molecule has 0 bridgehead atoms. The number of carboxylic acids is 1. The lowest BCUT2D eigenvalue weighted by Crippen LogP contribution is -2.05. The molecule has 0 fully saturated rings. The zero-order valence-electron chi connectivity index (χ0n) is 15.1. The van der Waals surface area contributed by atoms with Gasteiger partial charge in [-0.1, -0.05) is 36.4 Å². The van der Waals surface area contributed by atoms with Crippen LogP contribution in [0.25, 0.3) is 16.8 Å². The van der Waals surface area contributed by atoms with E-state index in [0.29, 0.717) is 26.9 Å². The summed E-state index contributed by atoms with van der Waals surface area (Å²) >= 11 is 1.18. The monoisotopic (exact) mass is 404 g/mol. The number of fused-ring (bicyclic) bond motifs is 1. The van der Waals surface area contributed by atoms with E-state index in [1.54, 1.807) is 36.4 Å². The molecule has 1 aliphatic rings. The third kappa shape index (κ3) is 4.30. The SMILES string of the molecule is O=C(O)Cc1ccc(NC2=NC(=O)/C(=C/c3cc4ccccc4cc3O)S2)cc1. The van der Waals surface area contributed by atoms with Crippen molar-refractivity contribution in [3.05, 3.63) is 76.7 Å². The molecule has 3 aromatic rings. The van der Waals surface area contributed by atoms with Gasteiger partial charge in [-0.05, 0) is 58.4 Å². The van der Waals surface area contributed by atoms with Crippen molar-refractivity contribution < 1.29 is 19.8 Å². The van der Waals surface area contributed by atoms with Gasteiger partial charge in [0.05, 0.1) is 11.3 Å². The van der Waals surface area contributed by atoms with Crippen LogP contribution in [0.2, 0.25) is 0 Å². The van der Waals surface area contributed by atoms with Crippen molar-refractivity contribution in [3.8, 4) is 5.75 Å². The minimum absolute atomic E-state index is 0.0450. The van der Waals surface area contributed by atoms with E-state index < -0.39 is 5.97 Å². The number of aliphatic imine (C=N–C) groups is 1. The van der Waals surface area contributed by atoms with Gasteiger partial charge < -0.3 is 15.5 Å². The fourth-order valence-corrected chi connectivity index (χ4v) is 3.79. The normalized spacial score (nSPS) is 15.0. The molecule has 0 radical (unpaired) electrons. The van der Waals surface area contributed by atoms with Crippen LogP contribution in [0.15, 0.2) is 70.6 Å². The number of aromatic hydroxyl groups is 1. The van der Waals surface area contributed by atoms with E-state index >= 15 is 0 Å². The fraction of sp³-hybridized carbons (Fsp3) is 0.0455. The number of amides is 1. The standard InChI is InChI=1S/C22H16N2O4S/c25-18-11-15-4-2-1-3-14(15)10-16(18)12-19-21(28)24-22(29-19)23-17-7-5-13(6-8-17)9-20(26)27/h1-8,10-12,25H,9H2,(H,26,27)(H,23,24,28)/b19-12-. The molecule has 0 unspecified atom stereocenters. The first-order chi connectivity index (χ1) is 14.0. The Balaban J connectivity index is 1.51. The summed E-state index contributed by atoms with van der Waals surface area (Å²) in [6.07, 6.45) is 1.58. The summed E-state index contributed by atoms with van der Waals surface area (Å²) in [6.45, 7) is 0. The molecule has 0 saturated carbocycles. The van der Waals surface area contributed by atoms with Crippen molar-refractivity contribution in [2.45, 2.75) is 6.42 Å². The summed E-state index contributed by atoms with van der Waals surface area (Å²) in [4.78, 5) is 27.4. The number of aliphatic carboxylic acids is 1. The molecule has 3 N–H and O–H groups in total. The van der Waals surface area contributed by atoms with E-state index in [1.807, 2.05) is 30.3 Å². The Morgan fingerprint density at radius 2 is 1.76 bits per heavy atom. The van der Waals surface area contributed by atoms with Crippen LogP contribution < -0.4 is 5.32 Å². The summed E-state index contributed by atoms with van der Waals surface area (Å²) in [5.74, 6) is -1.17. The molecule has 6 nitrogen and oxygen atoms in total. The lowest BCUT2D eigenvalue weighted by Gasteiger charge is -2.06. The molecule has 0 aliphatic carbocycles. The van der Waals surface area contributed by atoms with Gasteiger partial charge in [0.25, 0.3) is 5.91 Å². The van der Waals surface area contributed by atoms with Gasteiger partial charge in [-0.15, -0.1) is 0 Å². The Hall–Kier alpha value is -3.58. The quantitative estimate of drug-likeness (QED) is 0.562. The Morgan fingerprint density at radius 3 is 2.45 bits per heavy atom. The molecule has 29 heavy (non-hydrogen) atoms. The number of phenols is 1. The number of carboxylic acid groups (broad SMARTS) is 1. The number of benzene rings is 3. The largest absolute Gasteiger partial charge is 0.507 e. The van der Waals surface area contributed by atoms with E-state index in [4.69, 9.17) is 5.11 Å². The summed E-state index contributed by atoms with van der Waals surface area (Å²) in [6, 6.07) is 18.1. The van der Waals surface area contributed by atoms with Crippen molar-refractivity contribution in [3.63, 3.8) is 0 Å². The van der Waals surface area contributed by atoms with Crippen molar-refractivity contribution >= 4 is 51.3 Å². The second kappa shape index (κ2) is 7.81. The average molecular weight is 404 g/mol.